The summed E-state index contributed by atoms with van der Waals surface area (Å²) in [5.41, 5.74) is 1.22. The Morgan fingerprint density at radius 2 is 2.26 bits per heavy atom. The highest BCUT2D eigenvalue weighted by atomic mass is 16.5. The van der Waals surface area contributed by atoms with E-state index in [0.717, 1.165) is 44.0 Å². The zero-order chi connectivity index (χ0) is 13.7. The molecule has 1 N–H and O–H groups in total. The number of rotatable bonds is 5. The third kappa shape index (κ3) is 3.85. The zero-order valence-electron chi connectivity index (χ0n) is 12.1. The first-order chi connectivity index (χ1) is 9.20. The van der Waals surface area contributed by atoms with E-state index >= 15 is 0 Å². The molecule has 0 fully saturated rings. The molecule has 0 aromatic heterocycles. The molecule has 1 aromatic rings. The number of ether oxygens (including phenoxy) is 2. The van der Waals surface area contributed by atoms with Crippen molar-refractivity contribution in [3.05, 3.63) is 23.8 Å². The summed E-state index contributed by atoms with van der Waals surface area (Å²) in [6, 6.07) is 6.42. The maximum Gasteiger partial charge on any atom is 0.124 e. The van der Waals surface area contributed by atoms with Gasteiger partial charge in [0.15, 0.2) is 0 Å². The summed E-state index contributed by atoms with van der Waals surface area (Å²) in [6.45, 7) is 2.82. The molecule has 1 aromatic carbocycles. The van der Waals surface area contributed by atoms with Crippen molar-refractivity contribution in [1.82, 2.24) is 10.2 Å². The average Bonchev–Trinajstić information content (AvgIpc) is 2.60. The molecular weight excluding hydrogens is 240 g/mol. The van der Waals surface area contributed by atoms with Gasteiger partial charge in [-0.3, -0.25) is 0 Å². The van der Waals surface area contributed by atoms with Crippen molar-refractivity contribution >= 4 is 0 Å². The highest BCUT2D eigenvalue weighted by Crippen LogP contribution is 2.34. The maximum atomic E-state index is 5.80. The normalized spacial score (nSPS) is 18.6. The SMILES string of the molecule is COc1ccc2c(c1)C(NCCN(C)C)CCCO2. The van der Waals surface area contributed by atoms with Gasteiger partial charge in [0.1, 0.15) is 11.5 Å². The Hall–Kier alpha value is -1.26. The van der Waals surface area contributed by atoms with Crippen LogP contribution in [0.5, 0.6) is 11.5 Å². The molecule has 19 heavy (non-hydrogen) atoms. The van der Waals surface area contributed by atoms with Gasteiger partial charge in [-0.15, -0.1) is 0 Å². The summed E-state index contributed by atoms with van der Waals surface area (Å²) in [6.07, 6.45) is 2.18. The number of nitrogens with one attached hydrogen (secondary N) is 1. The second-order valence-corrected chi connectivity index (χ2v) is 5.20. The van der Waals surface area contributed by atoms with Gasteiger partial charge >= 0.3 is 0 Å². The second-order valence-electron chi connectivity index (χ2n) is 5.20. The second kappa shape index (κ2) is 6.78. The van der Waals surface area contributed by atoms with E-state index in [9.17, 15) is 0 Å². The standard InChI is InChI=1S/C15H24N2O2/c1-17(2)9-8-16-14-5-4-10-19-15-7-6-12(18-3)11-13(14)15/h6-7,11,14,16H,4-5,8-10H2,1-3H3. The van der Waals surface area contributed by atoms with Crippen LogP contribution in [-0.2, 0) is 0 Å². The lowest BCUT2D eigenvalue weighted by Crippen LogP contribution is -2.29. The van der Waals surface area contributed by atoms with E-state index in [4.69, 9.17) is 9.47 Å². The van der Waals surface area contributed by atoms with Gasteiger partial charge in [-0.25, -0.2) is 0 Å². The van der Waals surface area contributed by atoms with Crippen LogP contribution in [0.4, 0.5) is 0 Å². The molecule has 0 radical (unpaired) electrons. The van der Waals surface area contributed by atoms with Gasteiger partial charge in [-0.05, 0) is 45.1 Å². The molecule has 0 bridgehead atoms. The first-order valence-electron chi connectivity index (χ1n) is 6.89. The average molecular weight is 264 g/mol. The van der Waals surface area contributed by atoms with Crippen LogP contribution < -0.4 is 14.8 Å². The molecule has 0 spiro atoms. The van der Waals surface area contributed by atoms with Crippen LogP contribution >= 0.6 is 0 Å². The topological polar surface area (TPSA) is 33.7 Å². The largest absolute Gasteiger partial charge is 0.497 e. The Kier molecular flexibility index (Phi) is 5.05. The van der Waals surface area contributed by atoms with Crippen molar-refractivity contribution in [2.24, 2.45) is 0 Å². The monoisotopic (exact) mass is 264 g/mol. The van der Waals surface area contributed by atoms with Crippen molar-refractivity contribution in [1.29, 1.82) is 0 Å². The first kappa shape index (κ1) is 14.2. The molecule has 4 heteroatoms. The van der Waals surface area contributed by atoms with E-state index in [1.165, 1.54) is 5.56 Å². The van der Waals surface area contributed by atoms with Crippen molar-refractivity contribution < 1.29 is 9.47 Å². The fourth-order valence-electron chi connectivity index (χ4n) is 2.36. The molecule has 0 amide bonds. The number of likely N-dealkylation sites (N-methyl/N-ethyl adjacent to an activating group) is 1. The molecular formula is C15H24N2O2. The fourth-order valence-corrected chi connectivity index (χ4v) is 2.36. The molecule has 1 aliphatic heterocycles. The minimum atomic E-state index is 0.354. The maximum absolute atomic E-state index is 5.80. The van der Waals surface area contributed by atoms with E-state index < -0.39 is 0 Å². The minimum Gasteiger partial charge on any atom is -0.497 e. The van der Waals surface area contributed by atoms with Gasteiger partial charge in [-0.2, -0.15) is 0 Å². The van der Waals surface area contributed by atoms with E-state index in [2.05, 4.69) is 30.4 Å². The van der Waals surface area contributed by atoms with Gasteiger partial charge in [0, 0.05) is 24.7 Å². The summed E-state index contributed by atoms with van der Waals surface area (Å²) in [4.78, 5) is 2.19. The van der Waals surface area contributed by atoms with Crippen LogP contribution in [0.1, 0.15) is 24.4 Å². The number of methoxy groups -OCH3 is 1. The van der Waals surface area contributed by atoms with Crippen molar-refractivity contribution in [3.8, 4) is 11.5 Å². The molecule has 0 saturated heterocycles. The third-order valence-electron chi connectivity index (χ3n) is 3.44. The van der Waals surface area contributed by atoms with Gasteiger partial charge in [0.05, 0.1) is 13.7 Å². The number of fused-ring (bicyclic) bond motifs is 1. The Bertz CT molecular complexity index is 407. The molecule has 106 valence electrons. The van der Waals surface area contributed by atoms with Gasteiger partial charge in [-0.1, -0.05) is 0 Å². The van der Waals surface area contributed by atoms with Crippen molar-refractivity contribution in [2.75, 3.05) is 40.9 Å². The summed E-state index contributed by atoms with van der Waals surface area (Å²) in [5.74, 6) is 1.88. The van der Waals surface area contributed by atoms with Crippen LogP contribution in [0, 0.1) is 0 Å². The van der Waals surface area contributed by atoms with E-state index in [0.29, 0.717) is 6.04 Å². The van der Waals surface area contributed by atoms with E-state index in [1.54, 1.807) is 7.11 Å². The molecule has 4 nitrogen and oxygen atoms in total. The van der Waals surface area contributed by atoms with Gasteiger partial charge < -0.3 is 19.7 Å². The summed E-state index contributed by atoms with van der Waals surface area (Å²) in [5, 5.41) is 3.62. The Balaban J connectivity index is 2.11. The molecule has 1 heterocycles. The quantitative estimate of drug-likeness (QED) is 0.882. The molecule has 1 atom stereocenters. The van der Waals surface area contributed by atoms with Crippen LogP contribution in [0.25, 0.3) is 0 Å². The highest BCUT2D eigenvalue weighted by molar-refractivity contribution is 5.42. The number of nitrogens with zero attached hydrogens (tertiary/aromatic N) is 1. The Labute approximate surface area is 115 Å². The zero-order valence-corrected chi connectivity index (χ0v) is 12.1. The molecule has 2 rings (SSSR count). The highest BCUT2D eigenvalue weighted by Gasteiger charge is 2.19. The smallest absolute Gasteiger partial charge is 0.124 e. The number of hydrogen-bond acceptors (Lipinski definition) is 4. The predicted molar refractivity (Wildman–Crippen MR) is 77.0 cm³/mol. The van der Waals surface area contributed by atoms with E-state index in [1.807, 2.05) is 12.1 Å². The number of benzene rings is 1. The molecule has 0 aliphatic carbocycles. The lowest BCUT2D eigenvalue weighted by Gasteiger charge is -2.20. The summed E-state index contributed by atoms with van der Waals surface area (Å²) in [7, 11) is 5.89. The van der Waals surface area contributed by atoms with Gasteiger partial charge in [0.25, 0.3) is 0 Å². The Morgan fingerprint density at radius 1 is 1.42 bits per heavy atom. The van der Waals surface area contributed by atoms with Crippen LogP contribution in [-0.4, -0.2) is 45.8 Å². The lowest BCUT2D eigenvalue weighted by atomic mass is 10.0. The first-order valence-corrected chi connectivity index (χ1v) is 6.89. The van der Waals surface area contributed by atoms with E-state index in [-0.39, 0.29) is 0 Å². The molecule has 1 aliphatic rings. The van der Waals surface area contributed by atoms with Crippen molar-refractivity contribution in [3.63, 3.8) is 0 Å². The van der Waals surface area contributed by atoms with Crippen LogP contribution in [0.2, 0.25) is 0 Å². The van der Waals surface area contributed by atoms with Crippen molar-refractivity contribution in [2.45, 2.75) is 18.9 Å². The van der Waals surface area contributed by atoms with Crippen LogP contribution in [0.15, 0.2) is 18.2 Å². The third-order valence-corrected chi connectivity index (χ3v) is 3.44. The lowest BCUT2D eigenvalue weighted by molar-refractivity contribution is 0.314. The van der Waals surface area contributed by atoms with Crippen LogP contribution in [0.3, 0.4) is 0 Å². The number of hydrogen-bond donors (Lipinski definition) is 1. The summed E-state index contributed by atoms with van der Waals surface area (Å²) >= 11 is 0. The molecule has 0 saturated carbocycles. The summed E-state index contributed by atoms with van der Waals surface area (Å²) < 4.78 is 11.1. The Morgan fingerprint density at radius 3 is 3.00 bits per heavy atom. The van der Waals surface area contributed by atoms with Gasteiger partial charge in [0.2, 0.25) is 0 Å². The molecule has 1 unspecified atom stereocenters. The minimum absolute atomic E-state index is 0.354. The fraction of sp³-hybridized carbons (Fsp3) is 0.600. The predicted octanol–water partition coefficient (Wildman–Crippen LogP) is 2.06.